The van der Waals surface area contributed by atoms with Crippen molar-refractivity contribution in [3.8, 4) is 0 Å². The number of hydrogen-bond donors (Lipinski definition) is 1. The van der Waals surface area contributed by atoms with Crippen LogP contribution in [0.3, 0.4) is 0 Å². The number of rotatable bonds is 5. The summed E-state index contributed by atoms with van der Waals surface area (Å²) >= 11 is 5.78. The second-order valence-corrected chi connectivity index (χ2v) is 5.73. The van der Waals surface area contributed by atoms with E-state index in [1.807, 2.05) is 31.2 Å². The van der Waals surface area contributed by atoms with E-state index in [0.717, 1.165) is 11.1 Å². The van der Waals surface area contributed by atoms with Gasteiger partial charge in [0.1, 0.15) is 12.6 Å². The van der Waals surface area contributed by atoms with Crippen molar-refractivity contribution in [2.24, 2.45) is 0 Å². The Labute approximate surface area is 140 Å². The molecule has 0 radical (unpaired) electrons. The van der Waals surface area contributed by atoms with Gasteiger partial charge in [-0.05, 0) is 43.7 Å². The third kappa shape index (κ3) is 5.11. The minimum Gasteiger partial charge on any atom is -0.459 e. The van der Waals surface area contributed by atoms with E-state index in [2.05, 4.69) is 5.32 Å². The Bertz CT molecular complexity index is 680. The van der Waals surface area contributed by atoms with Crippen LogP contribution in [0.5, 0.6) is 0 Å². The molecule has 0 bridgehead atoms. The highest BCUT2D eigenvalue weighted by atomic mass is 35.5. The van der Waals surface area contributed by atoms with Crippen molar-refractivity contribution in [2.75, 3.05) is 0 Å². The van der Waals surface area contributed by atoms with Crippen molar-refractivity contribution in [3.63, 3.8) is 0 Å². The molecule has 0 unspecified atom stereocenters. The number of carbonyl (C=O) groups is 2. The average molecular weight is 332 g/mol. The maximum absolute atomic E-state index is 12.0. The predicted molar refractivity (Wildman–Crippen MR) is 89.4 cm³/mol. The summed E-state index contributed by atoms with van der Waals surface area (Å²) in [7, 11) is 0. The molecule has 5 heteroatoms. The zero-order chi connectivity index (χ0) is 16.8. The number of amides is 1. The van der Waals surface area contributed by atoms with Crippen molar-refractivity contribution in [3.05, 3.63) is 70.2 Å². The lowest BCUT2D eigenvalue weighted by Gasteiger charge is -2.13. The maximum Gasteiger partial charge on any atom is 0.328 e. The fourth-order valence-electron chi connectivity index (χ4n) is 1.90. The summed E-state index contributed by atoms with van der Waals surface area (Å²) in [6.45, 7) is 3.76. The molecule has 1 amide bonds. The fourth-order valence-corrected chi connectivity index (χ4v) is 2.03. The first-order valence-electron chi connectivity index (χ1n) is 7.24. The molecule has 0 aliphatic heterocycles. The summed E-state index contributed by atoms with van der Waals surface area (Å²) in [5.41, 5.74) is 2.48. The number of esters is 1. The molecule has 120 valence electrons. The van der Waals surface area contributed by atoms with Crippen LogP contribution in [0.15, 0.2) is 48.5 Å². The van der Waals surface area contributed by atoms with Gasteiger partial charge in [-0.25, -0.2) is 4.79 Å². The number of halogens is 1. The van der Waals surface area contributed by atoms with Crippen LogP contribution in [0, 0.1) is 6.92 Å². The van der Waals surface area contributed by atoms with Crippen LogP contribution in [0.2, 0.25) is 5.02 Å². The third-order valence-corrected chi connectivity index (χ3v) is 3.56. The van der Waals surface area contributed by atoms with E-state index in [1.165, 1.54) is 0 Å². The lowest BCUT2D eigenvalue weighted by atomic mass is 10.2. The first kappa shape index (κ1) is 17.0. The van der Waals surface area contributed by atoms with Crippen molar-refractivity contribution < 1.29 is 14.3 Å². The minimum absolute atomic E-state index is 0.181. The lowest BCUT2D eigenvalue weighted by Crippen LogP contribution is -2.39. The van der Waals surface area contributed by atoms with Gasteiger partial charge in [-0.1, -0.05) is 41.4 Å². The molecule has 0 heterocycles. The van der Waals surface area contributed by atoms with Crippen LogP contribution in [-0.2, 0) is 16.1 Å². The number of carbonyl (C=O) groups excluding carboxylic acids is 2. The van der Waals surface area contributed by atoms with E-state index in [4.69, 9.17) is 16.3 Å². The Hall–Kier alpha value is -2.33. The average Bonchev–Trinajstić information content (AvgIpc) is 2.54. The third-order valence-electron chi connectivity index (χ3n) is 3.31. The zero-order valence-corrected chi connectivity index (χ0v) is 13.8. The van der Waals surface area contributed by atoms with Gasteiger partial charge in [-0.3, -0.25) is 4.79 Å². The maximum atomic E-state index is 12.0. The molecule has 2 aromatic rings. The molecule has 4 nitrogen and oxygen atoms in total. The Kier molecular flexibility index (Phi) is 5.77. The van der Waals surface area contributed by atoms with E-state index < -0.39 is 12.0 Å². The molecule has 1 atom stereocenters. The van der Waals surface area contributed by atoms with Gasteiger partial charge in [0.25, 0.3) is 5.91 Å². The van der Waals surface area contributed by atoms with Crippen molar-refractivity contribution in [1.82, 2.24) is 5.32 Å². The van der Waals surface area contributed by atoms with Gasteiger partial charge in [0.05, 0.1) is 0 Å². The molecule has 0 aliphatic rings. The van der Waals surface area contributed by atoms with E-state index in [1.54, 1.807) is 31.2 Å². The number of benzene rings is 2. The first-order chi connectivity index (χ1) is 11.0. The van der Waals surface area contributed by atoms with Crippen molar-refractivity contribution in [1.29, 1.82) is 0 Å². The van der Waals surface area contributed by atoms with Gasteiger partial charge in [-0.15, -0.1) is 0 Å². The highest BCUT2D eigenvalue weighted by Gasteiger charge is 2.18. The van der Waals surface area contributed by atoms with E-state index in [0.29, 0.717) is 10.6 Å². The second kappa shape index (κ2) is 7.79. The van der Waals surface area contributed by atoms with Crippen LogP contribution in [0.1, 0.15) is 28.4 Å². The van der Waals surface area contributed by atoms with Crippen molar-refractivity contribution >= 4 is 23.5 Å². The van der Waals surface area contributed by atoms with Gasteiger partial charge in [0.15, 0.2) is 0 Å². The molecular formula is C18H18ClNO3. The van der Waals surface area contributed by atoms with Gasteiger partial charge < -0.3 is 10.1 Å². The summed E-state index contributed by atoms with van der Waals surface area (Å²) in [4.78, 5) is 24.0. The molecule has 0 saturated carbocycles. The molecule has 2 aromatic carbocycles. The van der Waals surface area contributed by atoms with E-state index in [9.17, 15) is 9.59 Å². The highest BCUT2D eigenvalue weighted by Crippen LogP contribution is 2.10. The Morgan fingerprint density at radius 3 is 2.30 bits per heavy atom. The predicted octanol–water partition coefficient (Wildman–Crippen LogP) is 3.51. The largest absolute Gasteiger partial charge is 0.459 e. The smallest absolute Gasteiger partial charge is 0.328 e. The molecule has 0 aliphatic carbocycles. The molecule has 2 rings (SSSR count). The quantitative estimate of drug-likeness (QED) is 0.853. The van der Waals surface area contributed by atoms with Gasteiger partial charge in [-0.2, -0.15) is 0 Å². The summed E-state index contributed by atoms with van der Waals surface area (Å²) < 4.78 is 5.21. The van der Waals surface area contributed by atoms with Crippen molar-refractivity contribution in [2.45, 2.75) is 26.5 Å². The molecule has 1 N–H and O–H groups in total. The van der Waals surface area contributed by atoms with Crippen LogP contribution < -0.4 is 5.32 Å². The van der Waals surface area contributed by atoms with Gasteiger partial charge in [0.2, 0.25) is 0 Å². The number of hydrogen-bond acceptors (Lipinski definition) is 3. The van der Waals surface area contributed by atoms with Gasteiger partial charge in [0, 0.05) is 10.6 Å². The molecule has 0 saturated heterocycles. The lowest BCUT2D eigenvalue weighted by molar-refractivity contribution is -0.146. The number of aryl methyl sites for hydroxylation is 1. The standard InChI is InChI=1S/C18H18ClNO3/c1-12-3-5-14(6-4-12)11-23-18(22)13(2)20-17(21)15-7-9-16(19)10-8-15/h3-10,13H,11H2,1-2H3,(H,20,21)/t13-/m0/s1. The monoisotopic (exact) mass is 331 g/mol. The first-order valence-corrected chi connectivity index (χ1v) is 7.62. The topological polar surface area (TPSA) is 55.4 Å². The summed E-state index contributed by atoms with van der Waals surface area (Å²) in [6, 6.07) is 13.4. The van der Waals surface area contributed by atoms with E-state index in [-0.39, 0.29) is 12.5 Å². The normalized spacial score (nSPS) is 11.6. The van der Waals surface area contributed by atoms with Crippen LogP contribution in [0.4, 0.5) is 0 Å². The van der Waals surface area contributed by atoms with Crippen LogP contribution in [0.25, 0.3) is 0 Å². The Morgan fingerprint density at radius 1 is 1.09 bits per heavy atom. The summed E-state index contributed by atoms with van der Waals surface area (Å²) in [5.74, 6) is -0.825. The molecule has 23 heavy (non-hydrogen) atoms. The second-order valence-electron chi connectivity index (χ2n) is 5.30. The SMILES string of the molecule is Cc1ccc(COC(=O)[C@H](C)NC(=O)c2ccc(Cl)cc2)cc1. The zero-order valence-electron chi connectivity index (χ0n) is 13.0. The minimum atomic E-state index is -0.733. The molecular weight excluding hydrogens is 314 g/mol. The molecule has 0 spiro atoms. The van der Waals surface area contributed by atoms with Gasteiger partial charge >= 0.3 is 5.97 Å². The Balaban J connectivity index is 1.85. The van der Waals surface area contributed by atoms with E-state index >= 15 is 0 Å². The summed E-state index contributed by atoms with van der Waals surface area (Å²) in [6.07, 6.45) is 0. The van der Waals surface area contributed by atoms with Crippen LogP contribution in [-0.4, -0.2) is 17.9 Å². The fraction of sp³-hybridized carbons (Fsp3) is 0.222. The Morgan fingerprint density at radius 2 is 1.70 bits per heavy atom. The molecule has 0 aromatic heterocycles. The number of nitrogens with one attached hydrogen (secondary N) is 1. The van der Waals surface area contributed by atoms with Crippen LogP contribution >= 0.6 is 11.6 Å². The molecule has 0 fully saturated rings. The highest BCUT2D eigenvalue weighted by molar-refractivity contribution is 6.30. The summed E-state index contributed by atoms with van der Waals surface area (Å²) in [5, 5.41) is 3.15. The number of ether oxygens (including phenoxy) is 1.